The summed E-state index contributed by atoms with van der Waals surface area (Å²) in [4.78, 5) is 2.30. The highest BCUT2D eigenvalue weighted by molar-refractivity contribution is 6.98. The second-order valence-corrected chi connectivity index (χ2v) is 11.7. The smallest absolute Gasteiger partial charge is 0.260 e. The molecule has 10 rings (SSSR count). The van der Waals surface area contributed by atoms with Gasteiger partial charge in [-0.05, 0) is 64.8 Å². The molecule has 3 heterocycles. The van der Waals surface area contributed by atoms with Gasteiger partial charge in [0, 0.05) is 39.1 Å². The summed E-state index contributed by atoms with van der Waals surface area (Å²) >= 11 is 0. The molecule has 0 aliphatic carbocycles. The Labute approximate surface area is 259 Å². The Morgan fingerprint density at radius 1 is 0.489 bits per heavy atom. The lowest BCUT2D eigenvalue weighted by Gasteiger charge is -2.32. The van der Waals surface area contributed by atoms with Crippen LogP contribution in [0, 0.1) is 0 Å². The molecular weight excluding hydrogens is 553 g/mol. The van der Waals surface area contributed by atoms with Gasteiger partial charge in [0.1, 0.15) is 22.8 Å². The van der Waals surface area contributed by atoms with Gasteiger partial charge in [-0.3, -0.25) is 0 Å². The maximum atomic E-state index is 6.77. The topological polar surface area (TPSA) is 34.8 Å². The third-order valence-electron chi connectivity index (χ3n) is 9.16. The Balaban J connectivity index is 1.21. The number of fused-ring (bicyclic) bond motifs is 9. The third-order valence-corrected chi connectivity index (χ3v) is 9.16. The molecule has 2 aliphatic rings. The van der Waals surface area contributed by atoms with Crippen molar-refractivity contribution in [3.8, 4) is 23.0 Å². The molecule has 5 heteroatoms. The molecule has 0 spiro atoms. The number of para-hydroxylation sites is 3. The first-order valence-electron chi connectivity index (χ1n) is 15.2. The number of hydrogen-bond acceptors (Lipinski definition) is 4. The third kappa shape index (κ3) is 3.55. The van der Waals surface area contributed by atoms with Crippen LogP contribution in [0.3, 0.4) is 0 Å². The fourth-order valence-corrected chi connectivity index (χ4v) is 7.20. The molecule has 8 aromatic rings. The molecule has 0 atom stereocenters. The van der Waals surface area contributed by atoms with E-state index in [2.05, 4.69) is 120 Å². The Bertz CT molecular complexity index is 2450. The van der Waals surface area contributed by atoms with E-state index >= 15 is 0 Å². The summed E-state index contributed by atoms with van der Waals surface area (Å²) in [6, 6.07) is 50.6. The number of nitrogens with zero attached hydrogens (tertiary/aromatic N) is 1. The molecule has 0 radical (unpaired) electrons. The highest BCUT2D eigenvalue weighted by atomic mass is 16.5. The number of benzene rings is 7. The van der Waals surface area contributed by atoms with E-state index in [0.717, 1.165) is 78.4 Å². The largest absolute Gasteiger partial charge is 0.458 e. The molecule has 0 saturated carbocycles. The van der Waals surface area contributed by atoms with Crippen LogP contribution in [0.5, 0.6) is 23.0 Å². The number of furan rings is 1. The van der Waals surface area contributed by atoms with Crippen LogP contribution in [-0.2, 0) is 0 Å². The van der Waals surface area contributed by atoms with E-state index in [-0.39, 0.29) is 6.71 Å². The van der Waals surface area contributed by atoms with Gasteiger partial charge in [-0.15, -0.1) is 0 Å². The van der Waals surface area contributed by atoms with Crippen LogP contribution >= 0.6 is 0 Å². The molecule has 1 aromatic heterocycles. The summed E-state index contributed by atoms with van der Waals surface area (Å²) in [5, 5.41) is 4.36. The highest BCUT2D eigenvalue weighted by Gasteiger charge is 2.41. The van der Waals surface area contributed by atoms with Crippen molar-refractivity contribution in [2.75, 3.05) is 4.90 Å². The fourth-order valence-electron chi connectivity index (χ4n) is 7.20. The lowest BCUT2D eigenvalue weighted by Crippen LogP contribution is -2.57. The molecular formula is C40H24BNO3. The van der Waals surface area contributed by atoms with Crippen LogP contribution < -0.4 is 30.8 Å². The normalized spacial score (nSPS) is 12.8. The maximum Gasteiger partial charge on any atom is 0.260 e. The van der Waals surface area contributed by atoms with Gasteiger partial charge in [0.05, 0.1) is 5.69 Å². The number of hydrogen-bond donors (Lipinski definition) is 0. The minimum atomic E-state index is -0.00185. The zero-order chi connectivity index (χ0) is 29.5. The summed E-state index contributed by atoms with van der Waals surface area (Å²) in [5.41, 5.74) is 7.99. The van der Waals surface area contributed by atoms with Gasteiger partial charge in [0.25, 0.3) is 6.71 Å². The zero-order valence-electron chi connectivity index (χ0n) is 24.1. The van der Waals surface area contributed by atoms with Crippen LogP contribution in [0.1, 0.15) is 0 Å². The van der Waals surface area contributed by atoms with Crippen molar-refractivity contribution in [1.29, 1.82) is 0 Å². The van der Waals surface area contributed by atoms with Crippen LogP contribution in [0.2, 0.25) is 0 Å². The van der Waals surface area contributed by atoms with Crippen LogP contribution in [0.4, 0.5) is 17.1 Å². The van der Waals surface area contributed by atoms with Gasteiger partial charge in [-0.1, -0.05) is 91.0 Å². The van der Waals surface area contributed by atoms with E-state index < -0.39 is 0 Å². The van der Waals surface area contributed by atoms with Crippen molar-refractivity contribution in [3.63, 3.8) is 0 Å². The summed E-state index contributed by atoms with van der Waals surface area (Å²) in [6.07, 6.45) is 0. The van der Waals surface area contributed by atoms with Crippen molar-refractivity contribution >= 4 is 72.9 Å². The molecule has 0 saturated heterocycles. The van der Waals surface area contributed by atoms with E-state index in [1.165, 1.54) is 10.8 Å². The molecule has 45 heavy (non-hydrogen) atoms. The number of ether oxygens (including phenoxy) is 2. The summed E-state index contributed by atoms with van der Waals surface area (Å²) in [7, 11) is 0. The van der Waals surface area contributed by atoms with Gasteiger partial charge < -0.3 is 18.8 Å². The highest BCUT2D eigenvalue weighted by Crippen LogP contribution is 2.45. The van der Waals surface area contributed by atoms with Gasteiger partial charge >= 0.3 is 0 Å². The Kier molecular flexibility index (Phi) is 5.05. The predicted octanol–water partition coefficient (Wildman–Crippen LogP) is 8.94. The van der Waals surface area contributed by atoms with E-state index in [1.807, 2.05) is 30.3 Å². The SMILES string of the molecule is c1ccc(N(c2ccc3c(c2)oc2c4c5c(cc23)Oc2ccccc2B5c2ccccc2O4)c2cccc3ccccc23)cc1. The molecule has 210 valence electrons. The van der Waals surface area contributed by atoms with Crippen LogP contribution in [0.25, 0.3) is 32.7 Å². The second kappa shape index (κ2) is 9.28. The lowest BCUT2D eigenvalue weighted by atomic mass is 9.35. The second-order valence-electron chi connectivity index (χ2n) is 11.7. The summed E-state index contributed by atoms with van der Waals surface area (Å²) in [6.45, 7) is -0.00185. The molecule has 0 amide bonds. The average Bonchev–Trinajstić information content (AvgIpc) is 3.47. The molecule has 4 nitrogen and oxygen atoms in total. The Hall–Kier alpha value is -5.94. The first kappa shape index (κ1) is 24.5. The number of rotatable bonds is 3. The van der Waals surface area contributed by atoms with E-state index in [0.29, 0.717) is 0 Å². The van der Waals surface area contributed by atoms with Crippen molar-refractivity contribution in [2.45, 2.75) is 0 Å². The van der Waals surface area contributed by atoms with Crippen molar-refractivity contribution < 1.29 is 13.9 Å². The van der Waals surface area contributed by atoms with E-state index in [1.54, 1.807) is 0 Å². The van der Waals surface area contributed by atoms with E-state index in [9.17, 15) is 0 Å². The van der Waals surface area contributed by atoms with Gasteiger partial charge in [-0.25, -0.2) is 0 Å². The monoisotopic (exact) mass is 577 g/mol. The van der Waals surface area contributed by atoms with Gasteiger partial charge in [0.2, 0.25) is 0 Å². The number of anilines is 3. The molecule has 0 bridgehead atoms. The first-order chi connectivity index (χ1) is 22.3. The van der Waals surface area contributed by atoms with Crippen molar-refractivity contribution in [3.05, 3.63) is 146 Å². The molecule has 0 N–H and O–H groups in total. The van der Waals surface area contributed by atoms with Crippen molar-refractivity contribution in [1.82, 2.24) is 0 Å². The van der Waals surface area contributed by atoms with Gasteiger partial charge in [-0.2, -0.15) is 0 Å². The summed E-state index contributed by atoms with van der Waals surface area (Å²) < 4.78 is 20.0. The molecule has 7 aromatic carbocycles. The van der Waals surface area contributed by atoms with Crippen LogP contribution in [-0.4, -0.2) is 6.71 Å². The van der Waals surface area contributed by atoms with Gasteiger partial charge in [0.15, 0.2) is 11.3 Å². The van der Waals surface area contributed by atoms with E-state index in [4.69, 9.17) is 13.9 Å². The zero-order valence-corrected chi connectivity index (χ0v) is 24.1. The standard InChI is InChI=1S/C40H24BNO3/c1-2-13-26(14-3-1)42(33-18-10-12-25-11-4-5-15-28(25)33)27-21-22-29-30-24-37-38-40(39(30)45-36(29)23-27)44-35-20-9-7-17-32(35)41(38)31-16-6-8-19-34(31)43-37/h1-24H. The lowest BCUT2D eigenvalue weighted by molar-refractivity contribution is 0.462. The fraction of sp³-hybridized carbons (Fsp3) is 0. The minimum absolute atomic E-state index is 0.00185. The Morgan fingerprint density at radius 3 is 2.04 bits per heavy atom. The first-order valence-corrected chi connectivity index (χ1v) is 15.2. The minimum Gasteiger partial charge on any atom is -0.458 e. The van der Waals surface area contributed by atoms with Crippen molar-refractivity contribution in [2.24, 2.45) is 0 Å². The maximum absolute atomic E-state index is 6.77. The summed E-state index contributed by atoms with van der Waals surface area (Å²) in [5.74, 6) is 3.26. The average molecular weight is 577 g/mol. The molecule has 0 unspecified atom stereocenters. The Morgan fingerprint density at radius 2 is 1.20 bits per heavy atom. The predicted molar refractivity (Wildman–Crippen MR) is 184 cm³/mol. The van der Waals surface area contributed by atoms with Crippen LogP contribution in [0.15, 0.2) is 150 Å². The molecule has 0 fully saturated rings. The molecule has 2 aliphatic heterocycles. The quantitative estimate of drug-likeness (QED) is 0.197.